The lowest BCUT2D eigenvalue weighted by Gasteiger charge is -2.44. The minimum atomic E-state index is -2.01. The number of amides is 1. The molecule has 0 unspecified atom stereocenters. The topological polar surface area (TPSA) is 82.1 Å². The van der Waals surface area contributed by atoms with Crippen LogP contribution in [0.1, 0.15) is 94.4 Å². The van der Waals surface area contributed by atoms with Crippen molar-refractivity contribution < 1.29 is 28.3 Å². The summed E-state index contributed by atoms with van der Waals surface area (Å²) in [5, 5.41) is 0.0750. The smallest absolute Gasteiger partial charge is 0.321 e. The van der Waals surface area contributed by atoms with Crippen LogP contribution in [0.4, 0.5) is 0 Å². The number of cyclic esters (lactones) is 1. The summed E-state index contributed by atoms with van der Waals surface area (Å²) in [5.74, 6) is -0.000475. The van der Waals surface area contributed by atoms with Gasteiger partial charge in [-0.3, -0.25) is 14.4 Å². The Kier molecular flexibility index (Phi) is 11.0. The van der Waals surface area contributed by atoms with E-state index >= 15 is 0 Å². The summed E-state index contributed by atoms with van der Waals surface area (Å²) in [6.45, 7) is 23.8. The number of fused-ring (bicyclic) bond motifs is 1. The Morgan fingerprint density at radius 3 is 2.29 bits per heavy atom. The van der Waals surface area contributed by atoms with Gasteiger partial charge in [0.25, 0.3) is 0 Å². The number of carbonyl (C=O) groups excluding carboxylic acids is 3. The van der Waals surface area contributed by atoms with Gasteiger partial charge in [-0.15, -0.1) is 0 Å². The molecular weight excluding hydrogens is 546 g/mol. The van der Waals surface area contributed by atoms with E-state index in [9.17, 15) is 14.4 Å². The van der Waals surface area contributed by atoms with Crippen LogP contribution in [-0.4, -0.2) is 62.5 Å². The molecule has 8 heteroatoms. The van der Waals surface area contributed by atoms with Gasteiger partial charge in [-0.1, -0.05) is 52.8 Å². The van der Waals surface area contributed by atoms with E-state index in [0.29, 0.717) is 19.5 Å². The second kappa shape index (κ2) is 13.4. The second-order valence-electron chi connectivity index (χ2n) is 15.0. The average molecular weight is 604 g/mol. The fourth-order valence-electron chi connectivity index (χ4n) is 6.58. The molecule has 1 saturated heterocycles. The zero-order chi connectivity index (χ0) is 31.6. The van der Waals surface area contributed by atoms with Crippen molar-refractivity contribution in [3.63, 3.8) is 0 Å². The van der Waals surface area contributed by atoms with E-state index in [2.05, 4.69) is 65.9 Å². The summed E-state index contributed by atoms with van der Waals surface area (Å²) in [4.78, 5) is 41.1. The molecule has 0 N–H and O–H groups in total. The third kappa shape index (κ3) is 7.77. The van der Waals surface area contributed by atoms with E-state index in [0.717, 1.165) is 25.7 Å². The van der Waals surface area contributed by atoms with Crippen LogP contribution in [0.25, 0.3) is 0 Å². The van der Waals surface area contributed by atoms with Gasteiger partial charge in [-0.25, -0.2) is 0 Å². The highest BCUT2D eigenvalue weighted by Gasteiger charge is 2.47. The molecule has 1 fully saturated rings. The molecule has 2 aliphatic carbocycles. The minimum absolute atomic E-state index is 0.0445. The monoisotopic (exact) mass is 603 g/mol. The number of rotatable bonds is 10. The molecule has 0 aromatic rings. The molecule has 0 saturated carbocycles. The van der Waals surface area contributed by atoms with Gasteiger partial charge in [0.1, 0.15) is 17.6 Å². The van der Waals surface area contributed by atoms with Crippen molar-refractivity contribution in [2.45, 2.75) is 131 Å². The van der Waals surface area contributed by atoms with Gasteiger partial charge in [0.05, 0.1) is 12.5 Å². The Morgan fingerprint density at radius 2 is 1.69 bits per heavy atom. The average Bonchev–Trinajstić information content (AvgIpc) is 2.87. The molecule has 0 aromatic heterocycles. The lowest BCUT2D eigenvalue weighted by molar-refractivity contribution is -0.171. The maximum Gasteiger partial charge on any atom is 0.321 e. The van der Waals surface area contributed by atoms with Crippen LogP contribution >= 0.6 is 0 Å². The number of hydrogen-bond donors (Lipinski definition) is 0. The molecule has 1 heterocycles. The zero-order valence-corrected chi connectivity index (χ0v) is 29.1. The lowest BCUT2D eigenvalue weighted by atomic mass is 9.65. The molecular formula is C34H57NO6Si. The lowest BCUT2D eigenvalue weighted by Crippen LogP contribution is -2.49. The van der Waals surface area contributed by atoms with Gasteiger partial charge < -0.3 is 18.8 Å². The van der Waals surface area contributed by atoms with E-state index in [1.165, 1.54) is 5.57 Å². The molecule has 3 aliphatic rings. The summed E-state index contributed by atoms with van der Waals surface area (Å²) in [6.07, 6.45) is 9.53. The van der Waals surface area contributed by atoms with E-state index < -0.39 is 19.7 Å². The van der Waals surface area contributed by atoms with Gasteiger partial charge in [0.2, 0.25) is 5.91 Å². The van der Waals surface area contributed by atoms with E-state index in [4.69, 9.17) is 13.9 Å². The summed E-state index contributed by atoms with van der Waals surface area (Å²) >= 11 is 0. The molecule has 0 aromatic carbocycles. The summed E-state index contributed by atoms with van der Waals surface area (Å²) in [6, 6.07) is 0. The molecule has 0 radical (unpaired) electrons. The second-order valence-corrected chi connectivity index (χ2v) is 19.7. The fourth-order valence-corrected chi connectivity index (χ4v) is 7.95. The molecule has 7 nitrogen and oxygen atoms in total. The first-order valence-electron chi connectivity index (χ1n) is 16.2. The van der Waals surface area contributed by atoms with Crippen LogP contribution in [-0.2, 0) is 28.3 Å². The molecule has 0 bridgehead atoms. The molecule has 238 valence electrons. The van der Waals surface area contributed by atoms with Crippen molar-refractivity contribution in [2.75, 3.05) is 13.1 Å². The Labute approximate surface area is 255 Å². The Hall–Kier alpha value is -1.93. The van der Waals surface area contributed by atoms with Crippen LogP contribution in [0.5, 0.6) is 0 Å². The van der Waals surface area contributed by atoms with Crippen molar-refractivity contribution in [1.29, 1.82) is 0 Å². The van der Waals surface area contributed by atoms with Gasteiger partial charge in [-0.05, 0) is 88.4 Å². The van der Waals surface area contributed by atoms with Crippen molar-refractivity contribution >= 4 is 26.2 Å². The van der Waals surface area contributed by atoms with E-state index in [1.807, 2.05) is 13.8 Å². The van der Waals surface area contributed by atoms with Crippen LogP contribution < -0.4 is 0 Å². The van der Waals surface area contributed by atoms with Crippen LogP contribution in [0.3, 0.4) is 0 Å². The minimum Gasteiger partial charge on any atom is -0.462 e. The van der Waals surface area contributed by atoms with Gasteiger partial charge in [0, 0.05) is 25.4 Å². The third-order valence-electron chi connectivity index (χ3n) is 10.3. The van der Waals surface area contributed by atoms with E-state index in [1.54, 1.807) is 18.7 Å². The van der Waals surface area contributed by atoms with Crippen molar-refractivity contribution in [1.82, 2.24) is 4.90 Å². The van der Waals surface area contributed by atoms with Crippen LogP contribution in [0, 0.1) is 29.1 Å². The normalized spacial score (nSPS) is 30.2. The first kappa shape index (κ1) is 34.6. The van der Waals surface area contributed by atoms with Gasteiger partial charge in [0.15, 0.2) is 8.32 Å². The molecule has 3 rings (SSSR count). The zero-order valence-electron chi connectivity index (χ0n) is 28.1. The SMILES string of the molecule is CCN(CC)C(=O)C(C)(C)C(=O)O[C@H]1C[C@@H](C)C=C2C=C[C@H](C)[C@H](CC[C@@H]3C[C@@H](O[Si](C)(C)C(C)(C)C)CC(=O)O3)[C@H]21. The maximum absolute atomic E-state index is 13.6. The first-order chi connectivity index (χ1) is 19.4. The number of hydrogen-bond acceptors (Lipinski definition) is 6. The highest BCUT2D eigenvalue weighted by molar-refractivity contribution is 6.74. The predicted molar refractivity (Wildman–Crippen MR) is 169 cm³/mol. The van der Waals surface area contributed by atoms with Crippen molar-refractivity contribution in [2.24, 2.45) is 29.1 Å². The number of allylic oxidation sites excluding steroid dienone is 3. The maximum atomic E-state index is 13.6. The quantitative estimate of drug-likeness (QED) is 0.151. The number of ether oxygens (including phenoxy) is 2. The summed E-state index contributed by atoms with van der Waals surface area (Å²) in [5.41, 5.74) is -0.0419. The van der Waals surface area contributed by atoms with Gasteiger partial charge in [-0.2, -0.15) is 0 Å². The summed E-state index contributed by atoms with van der Waals surface area (Å²) in [7, 11) is -2.01. The fraction of sp³-hybridized carbons (Fsp3) is 0.794. The molecule has 7 atom stereocenters. The van der Waals surface area contributed by atoms with E-state index in [-0.39, 0.29) is 58.9 Å². The largest absolute Gasteiger partial charge is 0.462 e. The third-order valence-corrected chi connectivity index (χ3v) is 14.8. The highest BCUT2D eigenvalue weighted by Crippen LogP contribution is 2.46. The standard InChI is InChI=1S/C34H57NO6Si/c1-12-35(13-2)31(37)34(8,9)32(38)40-28-19-22(3)18-24-15-14-23(4)27(30(24)28)17-16-25-20-26(21-29(36)39-25)41-42(10,11)33(5,6)7/h14-15,18,22-23,25-28,30H,12-13,16-17,19-21H2,1-11H3/t22-,23-,25+,26+,27-,28-,30-/m0/s1. The summed E-state index contributed by atoms with van der Waals surface area (Å²) < 4.78 is 18.8. The van der Waals surface area contributed by atoms with Crippen molar-refractivity contribution in [3.05, 3.63) is 23.8 Å². The predicted octanol–water partition coefficient (Wildman–Crippen LogP) is 7.07. The van der Waals surface area contributed by atoms with Crippen molar-refractivity contribution in [3.8, 4) is 0 Å². The van der Waals surface area contributed by atoms with Crippen LogP contribution in [0.15, 0.2) is 23.8 Å². The Bertz CT molecular complexity index is 1050. The molecule has 1 aliphatic heterocycles. The Morgan fingerprint density at radius 1 is 1.05 bits per heavy atom. The van der Waals surface area contributed by atoms with Gasteiger partial charge >= 0.3 is 11.9 Å². The Balaban J connectivity index is 1.76. The highest BCUT2D eigenvalue weighted by atomic mass is 28.4. The van der Waals surface area contributed by atoms with Crippen LogP contribution in [0.2, 0.25) is 18.1 Å². The number of esters is 2. The number of carbonyl (C=O) groups is 3. The molecule has 1 amide bonds. The number of nitrogens with zero attached hydrogens (tertiary/aromatic N) is 1. The molecule has 42 heavy (non-hydrogen) atoms. The molecule has 0 spiro atoms. The first-order valence-corrected chi connectivity index (χ1v) is 19.1.